The van der Waals surface area contributed by atoms with Gasteiger partial charge in [-0.2, -0.15) is 0 Å². The number of carboxylic acids is 1. The van der Waals surface area contributed by atoms with Crippen LogP contribution in [-0.4, -0.2) is 37.2 Å². The summed E-state index contributed by atoms with van der Waals surface area (Å²) in [6, 6.07) is -1.51. The smallest absolute Gasteiger partial charge is 0.322 e. The van der Waals surface area contributed by atoms with Crippen molar-refractivity contribution in [2.75, 3.05) is 5.75 Å². The fraction of sp³-hybridized carbons (Fsp3) is 0.778. The van der Waals surface area contributed by atoms with Gasteiger partial charge in [-0.1, -0.05) is 20.8 Å². The van der Waals surface area contributed by atoms with Gasteiger partial charge in [0.05, 0.1) is 12.2 Å². The van der Waals surface area contributed by atoms with E-state index in [4.69, 9.17) is 10.8 Å². The Morgan fingerprint density at radius 2 is 1.82 bits per heavy atom. The number of hydrogen-bond acceptors (Lipinski definition) is 4. The first-order valence-corrected chi connectivity index (χ1v) is 6.59. The van der Waals surface area contributed by atoms with E-state index in [0.717, 1.165) is 0 Å². The molecular formula is C9H18N2O5S. The van der Waals surface area contributed by atoms with Crippen LogP contribution < -0.4 is 10.5 Å². The number of carboxylic acid groups (broad SMARTS) is 1. The highest BCUT2D eigenvalue weighted by Gasteiger charge is 2.28. The molecule has 0 fully saturated rings. The van der Waals surface area contributed by atoms with Gasteiger partial charge in [-0.25, -0.2) is 13.1 Å². The molecule has 0 aliphatic carbocycles. The monoisotopic (exact) mass is 266 g/mol. The molecule has 0 aliphatic heterocycles. The van der Waals surface area contributed by atoms with E-state index in [0.29, 0.717) is 0 Å². The predicted molar refractivity (Wildman–Crippen MR) is 61.6 cm³/mol. The molecule has 0 heterocycles. The molecule has 1 atom stereocenters. The van der Waals surface area contributed by atoms with Gasteiger partial charge in [-0.05, 0) is 5.41 Å². The van der Waals surface area contributed by atoms with Crippen molar-refractivity contribution in [3.05, 3.63) is 0 Å². The first-order valence-electron chi connectivity index (χ1n) is 4.94. The van der Waals surface area contributed by atoms with E-state index in [1.54, 1.807) is 20.8 Å². The Morgan fingerprint density at radius 3 is 2.12 bits per heavy atom. The van der Waals surface area contributed by atoms with Gasteiger partial charge in [-0.15, -0.1) is 0 Å². The largest absolute Gasteiger partial charge is 0.480 e. The molecule has 0 saturated carbocycles. The number of rotatable bonds is 6. The molecule has 100 valence electrons. The average Bonchev–Trinajstić information content (AvgIpc) is 1.95. The lowest BCUT2D eigenvalue weighted by Crippen LogP contribution is -2.45. The van der Waals surface area contributed by atoms with Crippen LogP contribution in [0.5, 0.6) is 0 Å². The number of carbonyl (C=O) groups is 2. The summed E-state index contributed by atoms with van der Waals surface area (Å²) in [5, 5.41) is 8.75. The van der Waals surface area contributed by atoms with Crippen molar-refractivity contribution >= 4 is 21.9 Å². The number of nitrogens with two attached hydrogens (primary N) is 1. The molecule has 0 aromatic heterocycles. The van der Waals surface area contributed by atoms with Gasteiger partial charge >= 0.3 is 5.97 Å². The van der Waals surface area contributed by atoms with Gasteiger partial charge in [-0.3, -0.25) is 9.59 Å². The van der Waals surface area contributed by atoms with Crippen molar-refractivity contribution in [1.29, 1.82) is 0 Å². The summed E-state index contributed by atoms with van der Waals surface area (Å²) in [6.07, 6.45) is -0.571. The van der Waals surface area contributed by atoms with Crippen LogP contribution in [0.25, 0.3) is 0 Å². The van der Waals surface area contributed by atoms with Crippen LogP contribution in [0, 0.1) is 5.41 Å². The summed E-state index contributed by atoms with van der Waals surface area (Å²) in [5.41, 5.74) is 4.33. The number of aliphatic carboxylic acids is 1. The number of sulfonamides is 1. The second-order valence-electron chi connectivity index (χ2n) is 5.00. The van der Waals surface area contributed by atoms with Gasteiger partial charge in [0.25, 0.3) is 0 Å². The minimum absolute atomic E-state index is 0.234. The fourth-order valence-electron chi connectivity index (χ4n) is 1.21. The number of amides is 1. The van der Waals surface area contributed by atoms with Gasteiger partial charge in [0.2, 0.25) is 15.9 Å². The highest BCUT2D eigenvalue weighted by molar-refractivity contribution is 7.89. The first kappa shape index (κ1) is 15.9. The molecule has 1 amide bonds. The van der Waals surface area contributed by atoms with E-state index in [2.05, 4.69) is 0 Å². The zero-order chi connectivity index (χ0) is 13.9. The van der Waals surface area contributed by atoms with Crippen LogP contribution in [0.4, 0.5) is 0 Å². The molecule has 17 heavy (non-hydrogen) atoms. The molecule has 4 N–H and O–H groups in total. The standard InChI is InChI=1S/C9H18N2O5S/c1-9(2,3)5-17(15,16)11-6(8(13)14)4-7(10)12/h6,11H,4-5H2,1-3H3,(H2,10,12)(H,13,14). The number of nitrogens with one attached hydrogen (secondary N) is 1. The van der Waals surface area contributed by atoms with Crippen molar-refractivity contribution in [2.24, 2.45) is 11.1 Å². The van der Waals surface area contributed by atoms with Crippen LogP contribution in [0.2, 0.25) is 0 Å². The first-order chi connectivity index (χ1) is 7.43. The summed E-state index contributed by atoms with van der Waals surface area (Å²) in [6.45, 7) is 5.11. The molecule has 0 rings (SSSR count). The average molecular weight is 266 g/mol. The number of carbonyl (C=O) groups excluding carboxylic acids is 1. The maximum absolute atomic E-state index is 11.6. The molecule has 0 aliphatic rings. The Kier molecular flexibility index (Phi) is 5.09. The van der Waals surface area contributed by atoms with Crippen molar-refractivity contribution in [1.82, 2.24) is 4.72 Å². The van der Waals surface area contributed by atoms with Gasteiger partial charge in [0.15, 0.2) is 0 Å². The van der Waals surface area contributed by atoms with E-state index in [9.17, 15) is 18.0 Å². The molecule has 7 nitrogen and oxygen atoms in total. The van der Waals surface area contributed by atoms with E-state index >= 15 is 0 Å². The summed E-state index contributed by atoms with van der Waals surface area (Å²) in [7, 11) is -3.77. The van der Waals surface area contributed by atoms with Crippen molar-refractivity contribution in [3.8, 4) is 0 Å². The SMILES string of the molecule is CC(C)(C)CS(=O)(=O)NC(CC(N)=O)C(=O)O. The summed E-state index contributed by atoms with van der Waals surface area (Å²) < 4.78 is 25.2. The van der Waals surface area contributed by atoms with Crippen molar-refractivity contribution in [3.63, 3.8) is 0 Å². The predicted octanol–water partition coefficient (Wildman–Crippen LogP) is -0.719. The zero-order valence-corrected chi connectivity index (χ0v) is 10.9. The fourth-order valence-corrected chi connectivity index (χ4v) is 3.05. The minimum atomic E-state index is -3.77. The van der Waals surface area contributed by atoms with Crippen LogP contribution >= 0.6 is 0 Å². The Hall–Kier alpha value is -1.15. The molecule has 8 heteroatoms. The lowest BCUT2D eigenvalue weighted by molar-refractivity contribution is -0.140. The van der Waals surface area contributed by atoms with Crippen molar-refractivity contribution < 1.29 is 23.1 Å². The third-order valence-corrected chi connectivity index (χ3v) is 3.54. The van der Waals surface area contributed by atoms with Crippen LogP contribution in [0.15, 0.2) is 0 Å². The maximum atomic E-state index is 11.6. The van der Waals surface area contributed by atoms with E-state index in [-0.39, 0.29) is 5.75 Å². The van der Waals surface area contributed by atoms with Crippen LogP contribution in [-0.2, 0) is 19.6 Å². The quantitative estimate of drug-likeness (QED) is 0.584. The highest BCUT2D eigenvalue weighted by atomic mass is 32.2. The molecule has 0 radical (unpaired) electrons. The van der Waals surface area contributed by atoms with E-state index < -0.39 is 39.8 Å². The molecule has 1 unspecified atom stereocenters. The van der Waals surface area contributed by atoms with Crippen LogP contribution in [0.3, 0.4) is 0 Å². The number of primary amides is 1. The molecular weight excluding hydrogens is 248 g/mol. The molecule has 0 spiro atoms. The second-order valence-corrected chi connectivity index (χ2v) is 6.75. The van der Waals surface area contributed by atoms with Gasteiger partial charge in [0.1, 0.15) is 6.04 Å². The second kappa shape index (κ2) is 5.46. The minimum Gasteiger partial charge on any atom is -0.480 e. The van der Waals surface area contributed by atoms with E-state index in [1.807, 2.05) is 4.72 Å². The lowest BCUT2D eigenvalue weighted by atomic mass is 10.0. The highest BCUT2D eigenvalue weighted by Crippen LogP contribution is 2.15. The van der Waals surface area contributed by atoms with Gasteiger partial charge < -0.3 is 10.8 Å². The normalized spacial score (nSPS) is 14.3. The third kappa shape index (κ3) is 7.70. The Morgan fingerprint density at radius 1 is 1.35 bits per heavy atom. The Balaban J connectivity index is 4.76. The Labute approximate surface area is 100 Å². The zero-order valence-electron chi connectivity index (χ0n) is 10.1. The topological polar surface area (TPSA) is 127 Å². The molecule has 0 aromatic carbocycles. The molecule has 0 saturated heterocycles. The van der Waals surface area contributed by atoms with Gasteiger partial charge in [0, 0.05) is 0 Å². The third-order valence-electron chi connectivity index (χ3n) is 1.65. The number of hydrogen-bond donors (Lipinski definition) is 3. The lowest BCUT2D eigenvalue weighted by Gasteiger charge is -2.20. The molecule has 0 bridgehead atoms. The summed E-state index contributed by atoms with van der Waals surface area (Å²) in [5.74, 6) is -2.54. The summed E-state index contributed by atoms with van der Waals surface area (Å²) >= 11 is 0. The van der Waals surface area contributed by atoms with Crippen LogP contribution in [0.1, 0.15) is 27.2 Å². The van der Waals surface area contributed by atoms with E-state index in [1.165, 1.54) is 0 Å². The summed E-state index contributed by atoms with van der Waals surface area (Å²) in [4.78, 5) is 21.4. The van der Waals surface area contributed by atoms with Crippen molar-refractivity contribution in [2.45, 2.75) is 33.2 Å². The Bertz CT molecular complexity index is 396. The maximum Gasteiger partial charge on any atom is 0.322 e. The molecule has 0 aromatic rings.